The quantitative estimate of drug-likeness (QED) is 0.385. The maximum atomic E-state index is 4.70. The molecule has 0 aromatic rings. The van der Waals surface area contributed by atoms with Crippen molar-refractivity contribution < 1.29 is 0 Å². The van der Waals surface area contributed by atoms with Crippen molar-refractivity contribution in [1.29, 1.82) is 0 Å². The average Bonchev–Trinajstić information content (AvgIpc) is 2.92. The second-order valence-electron chi connectivity index (χ2n) is 6.36. The van der Waals surface area contributed by atoms with Gasteiger partial charge in [-0.05, 0) is 39.7 Å². The molecule has 1 saturated carbocycles. The lowest BCUT2D eigenvalue weighted by molar-refractivity contribution is 0.252. The summed E-state index contributed by atoms with van der Waals surface area (Å²) in [6, 6.07) is 1.23. The molecular weight excluding hydrogens is 375 g/mol. The summed E-state index contributed by atoms with van der Waals surface area (Å²) < 4.78 is 0. The Morgan fingerprint density at radius 2 is 1.86 bits per heavy atom. The zero-order valence-corrected chi connectivity index (χ0v) is 16.8. The summed E-state index contributed by atoms with van der Waals surface area (Å²) in [6.45, 7) is 11.6. The van der Waals surface area contributed by atoms with E-state index >= 15 is 0 Å². The number of hydrogen-bond donors (Lipinski definition) is 2. The minimum atomic E-state index is 0. The standard InChI is InChI=1S/C16H34N4.HI/c1-6-17-16(19-14(4)13(2)3)18-11-12-20(5)15-9-7-8-10-15;/h13-15H,6-12H2,1-5H3,(H2,17,18,19);1H. The predicted octanol–water partition coefficient (Wildman–Crippen LogP) is 3.08. The van der Waals surface area contributed by atoms with Crippen LogP contribution in [0.15, 0.2) is 4.99 Å². The van der Waals surface area contributed by atoms with E-state index in [1.807, 2.05) is 0 Å². The van der Waals surface area contributed by atoms with Crippen molar-refractivity contribution in [3.05, 3.63) is 0 Å². The van der Waals surface area contributed by atoms with Crippen LogP contribution in [0.5, 0.6) is 0 Å². The van der Waals surface area contributed by atoms with Crippen LogP contribution in [0, 0.1) is 5.92 Å². The minimum absolute atomic E-state index is 0. The Morgan fingerprint density at radius 1 is 1.24 bits per heavy atom. The lowest BCUT2D eigenvalue weighted by Crippen LogP contribution is -2.44. The molecule has 4 nitrogen and oxygen atoms in total. The molecule has 0 aromatic carbocycles. The highest BCUT2D eigenvalue weighted by Gasteiger charge is 2.18. The fourth-order valence-corrected chi connectivity index (χ4v) is 2.55. The van der Waals surface area contributed by atoms with Crippen LogP contribution in [-0.4, -0.2) is 49.6 Å². The largest absolute Gasteiger partial charge is 0.357 e. The summed E-state index contributed by atoms with van der Waals surface area (Å²) in [6.07, 6.45) is 5.52. The second kappa shape index (κ2) is 11.5. The van der Waals surface area contributed by atoms with Crippen LogP contribution < -0.4 is 10.6 Å². The zero-order valence-electron chi connectivity index (χ0n) is 14.5. The highest BCUT2D eigenvalue weighted by atomic mass is 127. The first kappa shape index (κ1) is 21.0. The van der Waals surface area contributed by atoms with Crippen molar-refractivity contribution in [2.45, 2.75) is 65.5 Å². The van der Waals surface area contributed by atoms with Gasteiger partial charge in [-0.3, -0.25) is 4.99 Å². The molecule has 1 atom stereocenters. The van der Waals surface area contributed by atoms with E-state index in [9.17, 15) is 0 Å². The van der Waals surface area contributed by atoms with Gasteiger partial charge in [-0.25, -0.2) is 0 Å². The third kappa shape index (κ3) is 8.24. The zero-order chi connectivity index (χ0) is 15.0. The van der Waals surface area contributed by atoms with E-state index in [-0.39, 0.29) is 24.0 Å². The fourth-order valence-electron chi connectivity index (χ4n) is 2.55. The summed E-state index contributed by atoms with van der Waals surface area (Å²) in [4.78, 5) is 7.18. The Balaban J connectivity index is 0.00000400. The monoisotopic (exact) mass is 410 g/mol. The number of halogens is 1. The first-order valence-electron chi connectivity index (χ1n) is 8.29. The molecule has 0 spiro atoms. The number of hydrogen-bond acceptors (Lipinski definition) is 2. The van der Waals surface area contributed by atoms with Gasteiger partial charge in [0.1, 0.15) is 0 Å². The first-order chi connectivity index (χ1) is 9.54. The third-order valence-electron chi connectivity index (χ3n) is 4.38. The average molecular weight is 410 g/mol. The van der Waals surface area contributed by atoms with E-state index in [1.165, 1.54) is 25.7 Å². The molecule has 1 aliphatic carbocycles. The maximum Gasteiger partial charge on any atom is 0.191 e. The van der Waals surface area contributed by atoms with E-state index in [0.29, 0.717) is 12.0 Å². The van der Waals surface area contributed by atoms with Gasteiger partial charge in [0.05, 0.1) is 6.54 Å². The number of likely N-dealkylation sites (N-methyl/N-ethyl adjacent to an activating group) is 1. The molecule has 126 valence electrons. The number of rotatable bonds is 7. The molecule has 1 aliphatic rings. The van der Waals surface area contributed by atoms with Crippen LogP contribution in [0.2, 0.25) is 0 Å². The SMILES string of the molecule is CCNC(=NCCN(C)C1CCCC1)NC(C)C(C)C.I. The summed E-state index contributed by atoms with van der Waals surface area (Å²) in [7, 11) is 2.24. The highest BCUT2D eigenvalue weighted by molar-refractivity contribution is 14.0. The van der Waals surface area contributed by atoms with Crippen LogP contribution in [-0.2, 0) is 0 Å². The number of nitrogens with one attached hydrogen (secondary N) is 2. The normalized spacial score (nSPS) is 18.0. The second-order valence-corrected chi connectivity index (χ2v) is 6.36. The molecular formula is C16H35IN4. The van der Waals surface area contributed by atoms with E-state index in [0.717, 1.165) is 31.6 Å². The molecule has 0 heterocycles. The molecule has 5 heteroatoms. The van der Waals surface area contributed by atoms with Gasteiger partial charge in [-0.15, -0.1) is 24.0 Å². The van der Waals surface area contributed by atoms with Crippen molar-refractivity contribution in [3.8, 4) is 0 Å². The predicted molar refractivity (Wildman–Crippen MR) is 104 cm³/mol. The summed E-state index contributed by atoms with van der Waals surface area (Å²) in [5.74, 6) is 1.56. The van der Waals surface area contributed by atoms with Crippen LogP contribution in [0.25, 0.3) is 0 Å². The fraction of sp³-hybridized carbons (Fsp3) is 0.938. The van der Waals surface area contributed by atoms with Gasteiger partial charge >= 0.3 is 0 Å². The third-order valence-corrected chi connectivity index (χ3v) is 4.38. The van der Waals surface area contributed by atoms with Gasteiger partial charge in [-0.2, -0.15) is 0 Å². The van der Waals surface area contributed by atoms with E-state index < -0.39 is 0 Å². The topological polar surface area (TPSA) is 39.7 Å². The molecule has 0 saturated heterocycles. The van der Waals surface area contributed by atoms with Crippen molar-refractivity contribution in [2.24, 2.45) is 10.9 Å². The van der Waals surface area contributed by atoms with Crippen molar-refractivity contribution in [1.82, 2.24) is 15.5 Å². The lowest BCUT2D eigenvalue weighted by atomic mass is 10.1. The molecule has 21 heavy (non-hydrogen) atoms. The molecule has 0 aromatic heterocycles. The van der Waals surface area contributed by atoms with E-state index in [2.05, 4.69) is 50.3 Å². The van der Waals surface area contributed by atoms with Gasteiger partial charge in [-0.1, -0.05) is 26.7 Å². The maximum absolute atomic E-state index is 4.70. The molecule has 0 radical (unpaired) electrons. The van der Waals surface area contributed by atoms with E-state index in [4.69, 9.17) is 4.99 Å². The smallest absolute Gasteiger partial charge is 0.191 e. The summed E-state index contributed by atoms with van der Waals surface area (Å²) in [5.41, 5.74) is 0. The van der Waals surface area contributed by atoms with Crippen molar-refractivity contribution in [2.75, 3.05) is 26.7 Å². The summed E-state index contributed by atoms with van der Waals surface area (Å²) >= 11 is 0. The van der Waals surface area contributed by atoms with Crippen molar-refractivity contribution in [3.63, 3.8) is 0 Å². The van der Waals surface area contributed by atoms with Crippen LogP contribution in [0.4, 0.5) is 0 Å². The Morgan fingerprint density at radius 3 is 2.38 bits per heavy atom. The summed E-state index contributed by atoms with van der Waals surface area (Å²) in [5, 5.41) is 6.81. The number of guanidine groups is 1. The Hall–Kier alpha value is -0.0400. The number of aliphatic imine (C=N–C) groups is 1. The Kier molecular flexibility index (Phi) is 11.5. The molecule has 0 amide bonds. The Labute approximate surface area is 148 Å². The Bertz CT molecular complexity index is 288. The van der Waals surface area contributed by atoms with Crippen molar-refractivity contribution >= 4 is 29.9 Å². The molecule has 1 rings (SSSR count). The van der Waals surface area contributed by atoms with E-state index in [1.54, 1.807) is 0 Å². The molecule has 0 aliphatic heterocycles. The van der Waals surface area contributed by atoms with Crippen LogP contribution >= 0.6 is 24.0 Å². The van der Waals surface area contributed by atoms with Gasteiger partial charge in [0.2, 0.25) is 0 Å². The number of nitrogens with zero attached hydrogens (tertiary/aromatic N) is 2. The molecule has 2 N–H and O–H groups in total. The van der Waals surface area contributed by atoms with Gasteiger partial charge in [0.15, 0.2) is 5.96 Å². The van der Waals surface area contributed by atoms with Crippen LogP contribution in [0.3, 0.4) is 0 Å². The van der Waals surface area contributed by atoms with Gasteiger partial charge in [0.25, 0.3) is 0 Å². The highest BCUT2D eigenvalue weighted by Crippen LogP contribution is 2.21. The first-order valence-corrected chi connectivity index (χ1v) is 8.29. The minimum Gasteiger partial charge on any atom is -0.357 e. The molecule has 1 unspecified atom stereocenters. The van der Waals surface area contributed by atoms with Gasteiger partial charge in [0, 0.05) is 25.2 Å². The lowest BCUT2D eigenvalue weighted by Gasteiger charge is -2.24. The molecule has 1 fully saturated rings. The van der Waals surface area contributed by atoms with Gasteiger partial charge < -0.3 is 15.5 Å². The molecule has 0 bridgehead atoms. The van der Waals surface area contributed by atoms with Crippen LogP contribution in [0.1, 0.15) is 53.4 Å².